The van der Waals surface area contributed by atoms with Crippen molar-refractivity contribution >= 4 is 51.6 Å². The largest absolute Gasteiger partial charge is 0.376 e. The smallest absolute Gasteiger partial charge is 0.278 e. The van der Waals surface area contributed by atoms with Crippen molar-refractivity contribution in [2.45, 2.75) is 37.9 Å². The van der Waals surface area contributed by atoms with Gasteiger partial charge in [-0.2, -0.15) is 0 Å². The fraction of sp³-hybridized carbons (Fsp3) is 0.308. The monoisotopic (exact) mass is 556 g/mol. The minimum Gasteiger partial charge on any atom is -0.376 e. The van der Waals surface area contributed by atoms with Crippen LogP contribution in [-0.2, 0) is 9.53 Å². The lowest BCUT2D eigenvalue weighted by atomic mass is 10.2. The number of aryl methyl sites for hydroxylation is 2. The normalized spacial score (nSPS) is 15.4. The number of benzene rings is 2. The van der Waals surface area contributed by atoms with Gasteiger partial charge in [-0.3, -0.25) is 18.7 Å². The molecular formula is C26H25FN4O3S3. The van der Waals surface area contributed by atoms with Crippen LogP contribution in [-0.4, -0.2) is 45.0 Å². The second-order valence-electron chi connectivity index (χ2n) is 8.91. The van der Waals surface area contributed by atoms with Gasteiger partial charge >= 0.3 is 0 Å². The van der Waals surface area contributed by atoms with E-state index in [1.54, 1.807) is 12.1 Å². The van der Waals surface area contributed by atoms with E-state index in [0.717, 1.165) is 53.7 Å². The number of hydrogen-bond donors (Lipinski definition) is 1. The van der Waals surface area contributed by atoms with Crippen LogP contribution in [0, 0.1) is 23.6 Å². The number of amides is 1. The van der Waals surface area contributed by atoms with Crippen LogP contribution >= 0.6 is 35.3 Å². The third-order valence-electron chi connectivity index (χ3n) is 6.09. The molecule has 0 bridgehead atoms. The number of carbonyl (C=O) groups is 1. The van der Waals surface area contributed by atoms with Crippen molar-refractivity contribution in [3.05, 3.63) is 73.7 Å². The highest BCUT2D eigenvalue weighted by Gasteiger charge is 2.22. The summed E-state index contributed by atoms with van der Waals surface area (Å²) >= 11 is 7.80. The zero-order valence-electron chi connectivity index (χ0n) is 20.3. The molecule has 2 aromatic carbocycles. The molecule has 0 spiro atoms. The number of hydrogen-bond acceptors (Lipinski definition) is 7. The molecule has 0 aliphatic carbocycles. The predicted octanol–water partition coefficient (Wildman–Crippen LogP) is 5.11. The minimum atomic E-state index is -0.464. The Bertz CT molecular complexity index is 1590. The Morgan fingerprint density at radius 2 is 1.97 bits per heavy atom. The molecule has 5 rings (SSSR count). The number of thioether (sulfide) groups is 1. The highest BCUT2D eigenvalue weighted by Crippen LogP contribution is 2.29. The maximum atomic E-state index is 14.8. The van der Waals surface area contributed by atoms with Crippen LogP contribution in [0.5, 0.6) is 0 Å². The van der Waals surface area contributed by atoms with Gasteiger partial charge in [0.1, 0.15) is 10.5 Å². The van der Waals surface area contributed by atoms with Gasteiger partial charge in [-0.1, -0.05) is 46.9 Å². The number of ether oxygens (including phenoxy) is 1. The van der Waals surface area contributed by atoms with E-state index < -0.39 is 5.82 Å². The first-order valence-electron chi connectivity index (χ1n) is 11.8. The zero-order valence-corrected chi connectivity index (χ0v) is 22.8. The third-order valence-corrected chi connectivity index (χ3v) is 8.38. The number of fused-ring (bicyclic) bond motifs is 1. The molecule has 192 valence electrons. The molecule has 1 N–H and O–H groups in total. The lowest BCUT2D eigenvalue weighted by Gasteiger charge is -2.14. The summed E-state index contributed by atoms with van der Waals surface area (Å²) in [6.07, 6.45) is 1.96. The molecule has 0 unspecified atom stereocenters. The molecule has 1 atom stereocenters. The van der Waals surface area contributed by atoms with Crippen LogP contribution in [0.1, 0.15) is 24.0 Å². The summed E-state index contributed by atoms with van der Waals surface area (Å²) in [6, 6.07) is 12.2. The van der Waals surface area contributed by atoms with Crippen LogP contribution in [0.15, 0.2) is 52.4 Å². The summed E-state index contributed by atoms with van der Waals surface area (Å²) in [4.78, 5) is 31.2. The van der Waals surface area contributed by atoms with E-state index in [1.807, 2.05) is 38.1 Å². The summed E-state index contributed by atoms with van der Waals surface area (Å²) in [7, 11) is 0. The van der Waals surface area contributed by atoms with Gasteiger partial charge in [-0.25, -0.2) is 9.37 Å². The van der Waals surface area contributed by atoms with E-state index in [9.17, 15) is 14.0 Å². The Labute approximate surface area is 226 Å². The van der Waals surface area contributed by atoms with E-state index in [0.29, 0.717) is 26.0 Å². The standard InChI is InChI=1S/C26H25FN4O3S3/c1-15-5-8-17(9-6-15)30-24(33)22-23(31(26(35)37-22)20-12-16(2)7-10-19(20)27)29-25(30)36-14-21(32)28-13-18-4-3-11-34-18/h5-10,12,18H,3-4,11,13-14H2,1-2H3,(H,28,32)/t18-/m1/s1. The van der Waals surface area contributed by atoms with Crippen molar-refractivity contribution in [3.63, 3.8) is 0 Å². The fourth-order valence-electron chi connectivity index (χ4n) is 4.17. The quantitative estimate of drug-likeness (QED) is 0.194. The van der Waals surface area contributed by atoms with E-state index in [1.165, 1.54) is 15.2 Å². The third kappa shape index (κ3) is 5.40. The van der Waals surface area contributed by atoms with Gasteiger partial charge in [-0.15, -0.1) is 0 Å². The van der Waals surface area contributed by atoms with Crippen molar-refractivity contribution in [1.82, 2.24) is 19.4 Å². The van der Waals surface area contributed by atoms with Gasteiger partial charge in [0.2, 0.25) is 5.91 Å². The molecule has 1 aliphatic heterocycles. The van der Waals surface area contributed by atoms with E-state index in [2.05, 4.69) is 5.32 Å². The molecule has 0 radical (unpaired) electrons. The Kier molecular flexibility index (Phi) is 7.57. The highest BCUT2D eigenvalue weighted by atomic mass is 32.2. The van der Waals surface area contributed by atoms with Gasteiger partial charge in [0.25, 0.3) is 5.56 Å². The topological polar surface area (TPSA) is 78.2 Å². The number of thiazole rings is 1. The van der Waals surface area contributed by atoms with Gasteiger partial charge in [0.05, 0.1) is 23.2 Å². The predicted molar refractivity (Wildman–Crippen MR) is 148 cm³/mol. The van der Waals surface area contributed by atoms with Crippen molar-refractivity contribution in [2.24, 2.45) is 0 Å². The molecule has 1 fully saturated rings. The number of halogens is 1. The summed E-state index contributed by atoms with van der Waals surface area (Å²) in [5.74, 6) is -0.592. The fourth-order valence-corrected chi connectivity index (χ4v) is 6.30. The molecule has 1 amide bonds. The first-order valence-corrected chi connectivity index (χ1v) is 14.1. The first-order chi connectivity index (χ1) is 17.8. The molecule has 7 nitrogen and oxygen atoms in total. The van der Waals surface area contributed by atoms with Crippen molar-refractivity contribution < 1.29 is 13.9 Å². The maximum absolute atomic E-state index is 14.8. The number of rotatable bonds is 7. The van der Waals surface area contributed by atoms with Crippen LogP contribution in [0.25, 0.3) is 21.7 Å². The molecule has 37 heavy (non-hydrogen) atoms. The van der Waals surface area contributed by atoms with Gasteiger partial charge in [0, 0.05) is 13.2 Å². The zero-order chi connectivity index (χ0) is 26.1. The van der Waals surface area contributed by atoms with Crippen molar-refractivity contribution in [3.8, 4) is 11.4 Å². The molecule has 0 saturated carbocycles. The molecule has 11 heteroatoms. The van der Waals surface area contributed by atoms with Crippen LogP contribution in [0.3, 0.4) is 0 Å². The molecule has 2 aromatic heterocycles. The first kappa shape index (κ1) is 25.8. The maximum Gasteiger partial charge on any atom is 0.278 e. The average molecular weight is 557 g/mol. The lowest BCUT2D eigenvalue weighted by molar-refractivity contribution is -0.119. The minimum absolute atomic E-state index is 0.0358. The van der Waals surface area contributed by atoms with Crippen molar-refractivity contribution in [1.29, 1.82) is 0 Å². The number of aromatic nitrogens is 3. The van der Waals surface area contributed by atoms with Crippen LogP contribution in [0.2, 0.25) is 0 Å². The SMILES string of the molecule is Cc1ccc(-n2c(SCC(=O)NC[C@H]3CCCO3)nc3c(sc(=S)n3-c3cc(C)ccc3F)c2=O)cc1. The Morgan fingerprint density at radius 3 is 2.70 bits per heavy atom. The second-order valence-corrected chi connectivity index (χ2v) is 11.5. The van der Waals surface area contributed by atoms with E-state index >= 15 is 0 Å². The van der Waals surface area contributed by atoms with Gasteiger partial charge < -0.3 is 10.1 Å². The van der Waals surface area contributed by atoms with Crippen LogP contribution < -0.4 is 10.9 Å². The van der Waals surface area contributed by atoms with Crippen LogP contribution in [0.4, 0.5) is 4.39 Å². The molecular weight excluding hydrogens is 532 g/mol. The summed E-state index contributed by atoms with van der Waals surface area (Å²) in [6.45, 7) is 4.99. The summed E-state index contributed by atoms with van der Waals surface area (Å²) < 4.78 is 24.0. The summed E-state index contributed by atoms with van der Waals surface area (Å²) in [5.41, 5.74) is 2.71. The molecule has 4 aromatic rings. The lowest BCUT2D eigenvalue weighted by Crippen LogP contribution is -2.33. The van der Waals surface area contributed by atoms with E-state index in [4.69, 9.17) is 21.9 Å². The highest BCUT2D eigenvalue weighted by molar-refractivity contribution is 7.99. The second kappa shape index (κ2) is 10.9. The average Bonchev–Trinajstić information content (AvgIpc) is 3.51. The Hall–Kier alpha value is -2.86. The number of nitrogens with one attached hydrogen (secondary N) is 1. The Morgan fingerprint density at radius 1 is 1.22 bits per heavy atom. The Balaban J connectivity index is 1.58. The van der Waals surface area contributed by atoms with Gasteiger partial charge in [0.15, 0.2) is 14.8 Å². The van der Waals surface area contributed by atoms with E-state index in [-0.39, 0.29) is 34.7 Å². The molecule has 1 aliphatic rings. The van der Waals surface area contributed by atoms with Gasteiger partial charge in [-0.05, 0) is 68.7 Å². The molecule has 1 saturated heterocycles. The summed E-state index contributed by atoms with van der Waals surface area (Å²) in [5, 5.41) is 3.22. The molecule has 3 heterocycles. The number of nitrogens with zero attached hydrogens (tertiary/aromatic N) is 3. The number of carbonyl (C=O) groups excluding carboxylic acids is 1. The van der Waals surface area contributed by atoms with Crippen molar-refractivity contribution in [2.75, 3.05) is 18.9 Å².